The molecule has 0 N–H and O–H groups in total. The maximum atomic E-state index is 13.2. The molecule has 0 atom stereocenters. The van der Waals surface area contributed by atoms with Gasteiger partial charge in [0.25, 0.3) is 0 Å². The molecule has 0 unspecified atom stereocenters. The normalized spacial score (nSPS) is 15.1. The molecule has 0 bridgehead atoms. The second-order valence-corrected chi connectivity index (χ2v) is 10.1. The van der Waals surface area contributed by atoms with Gasteiger partial charge in [-0.05, 0) is 36.2 Å². The van der Waals surface area contributed by atoms with Gasteiger partial charge in [0, 0.05) is 31.7 Å². The highest BCUT2D eigenvalue weighted by Crippen LogP contribution is 2.31. The molecular weight excluding hydrogens is 432 g/mol. The number of fused-ring (bicyclic) bond motifs is 1. The van der Waals surface area contributed by atoms with Crippen LogP contribution in [0.1, 0.15) is 12.5 Å². The summed E-state index contributed by atoms with van der Waals surface area (Å²) in [5, 5.41) is 0. The van der Waals surface area contributed by atoms with Gasteiger partial charge in [-0.25, -0.2) is 18.4 Å². The highest BCUT2D eigenvalue weighted by molar-refractivity contribution is 7.89. The lowest BCUT2D eigenvalue weighted by atomic mass is 10.1. The Bertz CT molecular complexity index is 1360. The first-order valence-electron chi connectivity index (χ1n) is 11.2. The molecule has 0 amide bonds. The van der Waals surface area contributed by atoms with Crippen molar-refractivity contribution in [2.24, 2.45) is 0 Å². The number of anilines is 1. The number of hydrogen-bond donors (Lipinski definition) is 0. The van der Waals surface area contributed by atoms with Gasteiger partial charge in [-0.3, -0.25) is 0 Å². The zero-order valence-electron chi connectivity index (χ0n) is 18.6. The largest absolute Gasteiger partial charge is 0.352 e. The Morgan fingerprint density at radius 3 is 2.00 bits per heavy atom. The average Bonchev–Trinajstić information content (AvgIpc) is 2.88. The van der Waals surface area contributed by atoms with Gasteiger partial charge in [-0.15, -0.1) is 0 Å². The standard InChI is InChI=1S/C26H26N4O2S/c1-2-20-12-14-22(15-13-20)33(31,32)30-18-16-29(17-19-30)26-25(21-8-4-3-5-9-21)27-23-10-6-7-11-24(23)28-26/h3-15H,2,16-19H2,1H3. The first kappa shape index (κ1) is 21.6. The molecule has 7 heteroatoms. The van der Waals surface area contributed by atoms with Gasteiger partial charge in [0.2, 0.25) is 10.0 Å². The van der Waals surface area contributed by atoms with Crippen molar-refractivity contribution in [2.45, 2.75) is 18.2 Å². The summed E-state index contributed by atoms with van der Waals surface area (Å²) in [6.45, 7) is 3.97. The number of piperazine rings is 1. The van der Waals surface area contributed by atoms with E-state index in [0.29, 0.717) is 31.1 Å². The molecule has 0 spiro atoms. The van der Waals surface area contributed by atoms with Crippen LogP contribution in [0.5, 0.6) is 0 Å². The van der Waals surface area contributed by atoms with Crippen LogP contribution in [0.3, 0.4) is 0 Å². The fourth-order valence-electron chi connectivity index (χ4n) is 4.19. The van der Waals surface area contributed by atoms with E-state index in [-0.39, 0.29) is 0 Å². The minimum absolute atomic E-state index is 0.351. The first-order valence-corrected chi connectivity index (χ1v) is 12.7. The molecule has 1 aromatic heterocycles. The van der Waals surface area contributed by atoms with Gasteiger partial charge in [0.05, 0.1) is 15.9 Å². The number of aromatic nitrogens is 2. The quantitative estimate of drug-likeness (QED) is 0.444. The molecule has 1 saturated heterocycles. The second-order valence-electron chi connectivity index (χ2n) is 8.14. The summed E-state index contributed by atoms with van der Waals surface area (Å²) in [6.07, 6.45) is 0.884. The fourth-order valence-corrected chi connectivity index (χ4v) is 5.61. The summed E-state index contributed by atoms with van der Waals surface area (Å²) in [5.74, 6) is 0.796. The molecule has 6 nitrogen and oxygen atoms in total. The summed E-state index contributed by atoms with van der Waals surface area (Å²) in [5.41, 5.74) is 4.62. The average molecular weight is 459 g/mol. The summed E-state index contributed by atoms with van der Waals surface area (Å²) in [6, 6.07) is 25.1. The highest BCUT2D eigenvalue weighted by atomic mass is 32.2. The predicted molar refractivity (Wildman–Crippen MR) is 132 cm³/mol. The number of aryl methyl sites for hydroxylation is 1. The fraction of sp³-hybridized carbons (Fsp3) is 0.231. The summed E-state index contributed by atoms with van der Waals surface area (Å²) in [4.78, 5) is 12.3. The Hall–Kier alpha value is -3.29. The van der Waals surface area contributed by atoms with Crippen LogP contribution in [0.4, 0.5) is 5.82 Å². The molecule has 168 valence electrons. The maximum Gasteiger partial charge on any atom is 0.243 e. The topological polar surface area (TPSA) is 66.4 Å². The van der Waals surface area contributed by atoms with E-state index in [0.717, 1.165) is 40.1 Å². The van der Waals surface area contributed by atoms with Crippen molar-refractivity contribution >= 4 is 26.9 Å². The monoisotopic (exact) mass is 458 g/mol. The van der Waals surface area contributed by atoms with Crippen LogP contribution in [0.2, 0.25) is 0 Å². The number of rotatable bonds is 5. The maximum absolute atomic E-state index is 13.2. The lowest BCUT2D eigenvalue weighted by molar-refractivity contribution is 0.384. The van der Waals surface area contributed by atoms with Crippen LogP contribution in [0.15, 0.2) is 83.8 Å². The molecule has 3 aromatic carbocycles. The van der Waals surface area contributed by atoms with Gasteiger partial charge in [0.15, 0.2) is 5.82 Å². The lowest BCUT2D eigenvalue weighted by Crippen LogP contribution is -2.49. The zero-order chi connectivity index (χ0) is 22.8. The minimum atomic E-state index is -3.52. The van der Waals surface area contributed by atoms with Gasteiger partial charge in [-0.1, -0.05) is 61.5 Å². The van der Waals surface area contributed by atoms with Crippen molar-refractivity contribution in [2.75, 3.05) is 31.1 Å². The van der Waals surface area contributed by atoms with Gasteiger partial charge >= 0.3 is 0 Å². The van der Waals surface area contributed by atoms with Gasteiger partial charge in [0.1, 0.15) is 5.69 Å². The Morgan fingerprint density at radius 2 is 1.36 bits per heavy atom. The van der Waals surface area contributed by atoms with Crippen LogP contribution < -0.4 is 4.90 Å². The lowest BCUT2D eigenvalue weighted by Gasteiger charge is -2.35. The molecular formula is C26H26N4O2S. The molecule has 1 aliphatic rings. The van der Waals surface area contributed by atoms with E-state index < -0.39 is 10.0 Å². The molecule has 1 aliphatic heterocycles. The molecule has 4 aromatic rings. The number of sulfonamides is 1. The van der Waals surface area contributed by atoms with E-state index in [2.05, 4.69) is 11.8 Å². The van der Waals surface area contributed by atoms with E-state index in [1.165, 1.54) is 0 Å². The number of nitrogens with zero attached hydrogens (tertiary/aromatic N) is 4. The number of para-hydroxylation sites is 2. The highest BCUT2D eigenvalue weighted by Gasteiger charge is 2.30. The zero-order valence-corrected chi connectivity index (χ0v) is 19.4. The Morgan fingerprint density at radius 1 is 0.758 bits per heavy atom. The third-order valence-electron chi connectivity index (χ3n) is 6.11. The third kappa shape index (κ3) is 4.21. The summed E-state index contributed by atoms with van der Waals surface area (Å²) in [7, 11) is -3.52. The van der Waals surface area contributed by atoms with Crippen molar-refractivity contribution in [3.8, 4) is 11.3 Å². The van der Waals surface area contributed by atoms with E-state index in [9.17, 15) is 8.42 Å². The molecule has 0 saturated carbocycles. The van der Waals surface area contributed by atoms with E-state index in [4.69, 9.17) is 9.97 Å². The molecule has 33 heavy (non-hydrogen) atoms. The number of hydrogen-bond acceptors (Lipinski definition) is 5. The van der Waals surface area contributed by atoms with Crippen LogP contribution in [0.25, 0.3) is 22.3 Å². The SMILES string of the molecule is CCc1ccc(S(=O)(=O)N2CCN(c3nc4ccccc4nc3-c3ccccc3)CC2)cc1. The Labute approximate surface area is 194 Å². The van der Waals surface area contributed by atoms with E-state index >= 15 is 0 Å². The first-order chi connectivity index (χ1) is 16.1. The van der Waals surface area contributed by atoms with Gasteiger partial charge < -0.3 is 4.90 Å². The predicted octanol–water partition coefficient (Wildman–Crippen LogP) is 4.37. The Kier molecular flexibility index (Phi) is 5.83. The van der Waals surface area contributed by atoms with Crippen molar-refractivity contribution in [1.82, 2.24) is 14.3 Å². The third-order valence-corrected chi connectivity index (χ3v) is 8.02. The van der Waals surface area contributed by atoms with Crippen LogP contribution >= 0.6 is 0 Å². The van der Waals surface area contributed by atoms with Crippen LogP contribution in [-0.2, 0) is 16.4 Å². The Balaban J connectivity index is 1.43. The van der Waals surface area contributed by atoms with E-state index in [1.807, 2.05) is 66.7 Å². The molecule has 0 aliphatic carbocycles. The molecule has 0 radical (unpaired) electrons. The van der Waals surface area contributed by atoms with Gasteiger partial charge in [-0.2, -0.15) is 4.31 Å². The second kappa shape index (κ2) is 8.92. The minimum Gasteiger partial charge on any atom is -0.352 e. The van der Waals surface area contributed by atoms with E-state index in [1.54, 1.807) is 16.4 Å². The van der Waals surface area contributed by atoms with Crippen molar-refractivity contribution in [3.63, 3.8) is 0 Å². The molecule has 2 heterocycles. The van der Waals surface area contributed by atoms with Crippen LogP contribution in [0, 0.1) is 0 Å². The van der Waals surface area contributed by atoms with Crippen molar-refractivity contribution < 1.29 is 8.42 Å². The van der Waals surface area contributed by atoms with Crippen molar-refractivity contribution in [3.05, 3.63) is 84.4 Å². The number of benzene rings is 3. The summed E-state index contributed by atoms with van der Waals surface area (Å²) < 4.78 is 27.9. The van der Waals surface area contributed by atoms with Crippen LogP contribution in [-0.4, -0.2) is 48.9 Å². The summed E-state index contributed by atoms with van der Waals surface area (Å²) >= 11 is 0. The van der Waals surface area contributed by atoms with Crippen molar-refractivity contribution in [1.29, 1.82) is 0 Å². The molecule has 1 fully saturated rings. The molecule has 5 rings (SSSR count). The smallest absolute Gasteiger partial charge is 0.243 e.